The Kier molecular flexibility index (Phi) is 13.5. The summed E-state index contributed by atoms with van der Waals surface area (Å²) in [4.78, 5) is 78.3. The Hall–Kier alpha value is -5.99. The molecule has 4 aliphatic heterocycles. The molecule has 21 heteroatoms. The largest absolute Gasteiger partial charge is 0.472 e. The van der Waals surface area contributed by atoms with E-state index in [0.29, 0.717) is 88.3 Å². The lowest BCUT2D eigenvalue weighted by molar-refractivity contribution is -0.0226. The SMILES string of the molecule is BC1CC(OP(=O)(O)OCC(O)CCCCNC(=O)c2cc3c4c(ccc3[nH]2)N(C(=O)c2cc3c5c(ccc3[nH]2)N(C(=O)c2cc3c([nH]2)/C=C\CN(C(N)=O)CCC3=C)CC5)CC4)C(COC)O1. The number of aliphatic hydroxyl groups excluding tert-OH is 1. The van der Waals surface area contributed by atoms with Gasteiger partial charge < -0.3 is 60.2 Å². The van der Waals surface area contributed by atoms with Crippen molar-refractivity contribution in [3.63, 3.8) is 0 Å². The Morgan fingerprint density at radius 3 is 2.25 bits per heavy atom. The number of nitrogens with one attached hydrogen (secondary N) is 4. The molecule has 5 aromatic rings. The summed E-state index contributed by atoms with van der Waals surface area (Å²) in [5, 5.41) is 15.1. The number of aromatic amines is 3. The third-order valence-corrected chi connectivity index (χ3v) is 14.2. The van der Waals surface area contributed by atoms with Crippen molar-refractivity contribution >= 4 is 84.3 Å². The number of urea groups is 1. The molecule has 4 aliphatic rings. The number of methoxy groups -OCH3 is 1. The van der Waals surface area contributed by atoms with Gasteiger partial charge in [-0.05, 0) is 110 Å². The number of aliphatic hydroxyl groups is 1. The van der Waals surface area contributed by atoms with E-state index in [1.165, 1.54) is 7.11 Å². The molecule has 5 amide bonds. The zero-order valence-electron chi connectivity index (χ0n) is 38.0. The minimum Gasteiger partial charge on any atom is -0.391 e. The fourth-order valence-electron chi connectivity index (χ4n) is 9.79. The van der Waals surface area contributed by atoms with E-state index in [0.717, 1.165) is 61.1 Å². The number of aromatic nitrogens is 3. The predicted molar refractivity (Wildman–Crippen MR) is 259 cm³/mol. The first kappa shape index (κ1) is 47.1. The van der Waals surface area contributed by atoms with Gasteiger partial charge in [-0.2, -0.15) is 0 Å². The average molecular weight is 951 g/mol. The number of hydrogen-bond donors (Lipinski definition) is 7. The number of phosphoric acid groups is 1. The molecule has 0 radical (unpaired) electrons. The summed E-state index contributed by atoms with van der Waals surface area (Å²) in [6.07, 6.45) is 5.04. The van der Waals surface area contributed by atoms with Crippen LogP contribution < -0.4 is 20.9 Å². The van der Waals surface area contributed by atoms with Crippen LogP contribution in [0.4, 0.5) is 16.2 Å². The molecule has 0 aliphatic carbocycles. The van der Waals surface area contributed by atoms with Gasteiger partial charge in [-0.3, -0.25) is 23.4 Å². The van der Waals surface area contributed by atoms with E-state index in [1.807, 2.05) is 56.4 Å². The number of carbonyl (C=O) groups is 4. The summed E-state index contributed by atoms with van der Waals surface area (Å²) < 4.78 is 33.7. The Morgan fingerprint density at radius 2 is 1.59 bits per heavy atom. The van der Waals surface area contributed by atoms with Crippen LogP contribution in [0.5, 0.6) is 0 Å². The highest BCUT2D eigenvalue weighted by atomic mass is 31.2. The summed E-state index contributed by atoms with van der Waals surface area (Å²) in [6.45, 7) is 6.11. The van der Waals surface area contributed by atoms with Gasteiger partial charge in [0.25, 0.3) is 17.7 Å². The molecule has 1 fully saturated rings. The van der Waals surface area contributed by atoms with Gasteiger partial charge in [0.15, 0.2) is 0 Å². The number of amides is 5. The number of phosphoric ester groups is 1. The maximum atomic E-state index is 14.2. The number of ether oxygens (including phenoxy) is 2. The molecule has 0 bridgehead atoms. The third kappa shape index (κ3) is 9.67. The first-order chi connectivity index (χ1) is 32.7. The summed E-state index contributed by atoms with van der Waals surface area (Å²) in [5.74, 6) is -0.644. The normalized spacial score (nSPS) is 21.0. The molecule has 3 aromatic heterocycles. The number of rotatable bonds is 15. The highest BCUT2D eigenvalue weighted by molar-refractivity contribution is 7.47. The average Bonchev–Trinajstić information content (AvgIpc) is 4.17. The number of benzene rings is 2. The Balaban J connectivity index is 0.789. The van der Waals surface area contributed by atoms with E-state index in [4.69, 9.17) is 24.3 Å². The van der Waals surface area contributed by atoms with Gasteiger partial charge in [0.1, 0.15) is 31.0 Å². The summed E-state index contributed by atoms with van der Waals surface area (Å²) in [7, 11) is -1.10. The molecule has 0 spiro atoms. The summed E-state index contributed by atoms with van der Waals surface area (Å²) in [5.41, 5.74) is 14.2. The topological polar surface area (TPSA) is 258 Å². The lowest BCUT2D eigenvalue weighted by Crippen LogP contribution is -2.36. The molecule has 358 valence electrons. The van der Waals surface area contributed by atoms with Crippen LogP contribution >= 0.6 is 7.82 Å². The smallest absolute Gasteiger partial charge is 0.391 e. The van der Waals surface area contributed by atoms with Crippen molar-refractivity contribution in [2.24, 2.45) is 5.73 Å². The van der Waals surface area contributed by atoms with E-state index in [-0.39, 0.29) is 43.4 Å². The molecule has 19 nitrogen and oxygen atoms in total. The molecule has 0 saturated carbocycles. The summed E-state index contributed by atoms with van der Waals surface area (Å²) in [6, 6.07) is 12.4. The number of unbranched alkanes of at least 4 members (excludes halogenated alkanes) is 1. The van der Waals surface area contributed by atoms with Gasteiger partial charge in [-0.15, -0.1) is 0 Å². The van der Waals surface area contributed by atoms with Crippen molar-refractivity contribution in [3.8, 4) is 0 Å². The van der Waals surface area contributed by atoms with Gasteiger partial charge in [0, 0.05) is 90.3 Å². The first-order valence-corrected chi connectivity index (χ1v) is 24.5. The van der Waals surface area contributed by atoms with Gasteiger partial charge in [-0.1, -0.05) is 12.7 Å². The van der Waals surface area contributed by atoms with Crippen molar-refractivity contribution in [2.75, 3.05) is 62.8 Å². The highest BCUT2D eigenvalue weighted by Crippen LogP contribution is 2.47. The van der Waals surface area contributed by atoms with E-state index < -0.39 is 32.2 Å². The minimum atomic E-state index is -4.44. The van der Waals surface area contributed by atoms with Crippen LogP contribution in [-0.2, 0) is 35.9 Å². The Morgan fingerprint density at radius 1 is 0.941 bits per heavy atom. The molecule has 9 rings (SSSR count). The zero-order valence-corrected chi connectivity index (χ0v) is 38.9. The maximum absolute atomic E-state index is 14.2. The standard InChI is InChI=1S/C47H56BN8O11P/c1-26-12-17-54(47(49)61)16-5-7-33-30(26)20-37(52-33)45(59)55-19-14-29-32-22-38(53-35(32)9-11-40(29)55)46(60)56-18-13-28-31-21-36(51-34(31)8-10-39(28)56)44(58)50-15-4-3-6-27(57)24-65-68(62,63)67-41-23-43(48)66-42(41)25-64-2/h5,7-11,20-22,27,41-43,51-53,57H,1,3-4,6,12-19,23-25,48H2,2H3,(H2,49,61)(H,50,58)(H,62,63)/b7-5-. The van der Waals surface area contributed by atoms with Crippen molar-refractivity contribution in [1.29, 1.82) is 0 Å². The molecule has 5 unspecified atom stereocenters. The van der Waals surface area contributed by atoms with E-state index in [2.05, 4.69) is 26.8 Å². The number of hydrogen-bond acceptors (Lipinski definition) is 10. The number of nitrogens with zero attached hydrogens (tertiary/aromatic N) is 3. The van der Waals surface area contributed by atoms with E-state index >= 15 is 0 Å². The number of nitrogens with two attached hydrogens (primary N) is 1. The Bertz CT molecular complexity index is 2870. The highest BCUT2D eigenvalue weighted by Gasteiger charge is 2.39. The van der Waals surface area contributed by atoms with Crippen LogP contribution in [-0.4, -0.2) is 139 Å². The van der Waals surface area contributed by atoms with Crippen molar-refractivity contribution in [1.82, 2.24) is 25.2 Å². The van der Waals surface area contributed by atoms with E-state index in [9.17, 15) is 33.7 Å². The van der Waals surface area contributed by atoms with Crippen LogP contribution in [0.15, 0.2) is 55.1 Å². The zero-order chi connectivity index (χ0) is 47.9. The fourth-order valence-corrected chi connectivity index (χ4v) is 10.8. The quantitative estimate of drug-likeness (QED) is 0.0441. The molecule has 8 N–H and O–H groups in total. The number of fused-ring (bicyclic) bond motifs is 7. The van der Waals surface area contributed by atoms with Crippen molar-refractivity contribution in [2.45, 2.75) is 69.3 Å². The molecule has 5 atom stereocenters. The molecule has 7 heterocycles. The second kappa shape index (κ2) is 19.6. The minimum absolute atomic E-state index is 0.157. The second-order valence-corrected chi connectivity index (χ2v) is 19.3. The summed E-state index contributed by atoms with van der Waals surface area (Å²) >= 11 is 0. The van der Waals surface area contributed by atoms with E-state index in [1.54, 1.807) is 20.8 Å². The Labute approximate surface area is 393 Å². The van der Waals surface area contributed by atoms with Gasteiger partial charge in [0.2, 0.25) is 0 Å². The van der Waals surface area contributed by atoms with Crippen LogP contribution in [0.25, 0.3) is 33.5 Å². The molecule has 68 heavy (non-hydrogen) atoms. The monoisotopic (exact) mass is 950 g/mol. The second-order valence-electron chi connectivity index (χ2n) is 17.9. The number of anilines is 2. The van der Waals surface area contributed by atoms with Gasteiger partial charge in [0.05, 0.1) is 25.4 Å². The van der Waals surface area contributed by atoms with Crippen LogP contribution in [0.2, 0.25) is 0 Å². The maximum Gasteiger partial charge on any atom is 0.472 e. The first-order valence-electron chi connectivity index (χ1n) is 23.0. The molecular weight excluding hydrogens is 894 g/mol. The number of carbonyl (C=O) groups excluding carboxylic acids is 4. The van der Waals surface area contributed by atoms with Gasteiger partial charge in [-0.25, -0.2) is 9.36 Å². The number of primary amides is 1. The van der Waals surface area contributed by atoms with Crippen LogP contribution in [0.1, 0.15) is 86.0 Å². The van der Waals surface area contributed by atoms with Crippen LogP contribution in [0, 0.1) is 0 Å². The van der Waals surface area contributed by atoms with Crippen molar-refractivity contribution < 1.29 is 52.3 Å². The molecular formula is C47H56BN8O11P. The fraction of sp³-hybridized carbons (Fsp3) is 0.404. The number of H-pyrrole nitrogens is 3. The molecule has 2 aromatic carbocycles. The molecule has 1 saturated heterocycles. The van der Waals surface area contributed by atoms with Crippen molar-refractivity contribution in [3.05, 3.63) is 94.6 Å². The van der Waals surface area contributed by atoms with Crippen LogP contribution in [0.3, 0.4) is 0 Å². The van der Waals surface area contributed by atoms with Gasteiger partial charge >= 0.3 is 13.9 Å². The lowest BCUT2D eigenvalue weighted by atomic mass is 9.96. The third-order valence-electron chi connectivity index (χ3n) is 13.2. The lowest BCUT2D eigenvalue weighted by Gasteiger charge is -2.21. The predicted octanol–water partition coefficient (Wildman–Crippen LogP) is 4.35.